The van der Waals surface area contributed by atoms with Gasteiger partial charge in [0, 0.05) is 11.0 Å². The van der Waals surface area contributed by atoms with Gasteiger partial charge in [-0.25, -0.2) is 0 Å². The molecule has 0 saturated heterocycles. The standard InChI is InChI=1S/C29H20BrCl3F6N2O2/c30-21-11-15(4-8-20(29(37,38)39)17-12-22(31)24(33)23(32)13-17)3-7-19(21)25(42)41-27(9-10-27)26(43)40-14-16-1-5-18(6-2-16)28(34,35)36/h1-8,11-13,20H,9-10,14H2,(H,40,43)(H,41,42). The molecule has 1 unspecified atom stereocenters. The summed E-state index contributed by atoms with van der Waals surface area (Å²) in [7, 11) is 0. The number of carbonyl (C=O) groups is 2. The molecule has 1 fully saturated rings. The molecule has 2 amide bonds. The summed E-state index contributed by atoms with van der Waals surface area (Å²) in [4.78, 5) is 25.8. The van der Waals surface area contributed by atoms with Crippen LogP contribution in [0.1, 0.15) is 51.4 Å². The topological polar surface area (TPSA) is 58.2 Å². The minimum Gasteiger partial charge on any atom is -0.350 e. The molecule has 1 saturated carbocycles. The predicted molar refractivity (Wildman–Crippen MR) is 156 cm³/mol. The van der Waals surface area contributed by atoms with Crippen molar-refractivity contribution in [1.82, 2.24) is 10.6 Å². The first-order valence-electron chi connectivity index (χ1n) is 12.5. The van der Waals surface area contributed by atoms with Gasteiger partial charge in [0.1, 0.15) is 5.54 Å². The first-order chi connectivity index (χ1) is 20.0. The van der Waals surface area contributed by atoms with E-state index in [1.54, 1.807) is 0 Å². The van der Waals surface area contributed by atoms with Crippen LogP contribution in [0.25, 0.3) is 6.08 Å². The monoisotopic (exact) mass is 726 g/mol. The average Bonchev–Trinajstić information content (AvgIpc) is 3.70. The number of allylic oxidation sites excluding steroid dienone is 1. The second kappa shape index (κ2) is 12.7. The van der Waals surface area contributed by atoms with Crippen LogP contribution in [0.3, 0.4) is 0 Å². The van der Waals surface area contributed by atoms with Crippen LogP contribution in [0.15, 0.2) is 65.1 Å². The van der Waals surface area contributed by atoms with E-state index in [9.17, 15) is 35.9 Å². The molecule has 228 valence electrons. The average molecular weight is 729 g/mol. The van der Waals surface area contributed by atoms with E-state index in [-0.39, 0.29) is 37.2 Å². The van der Waals surface area contributed by atoms with Crippen LogP contribution >= 0.6 is 50.7 Å². The maximum absolute atomic E-state index is 13.9. The molecular formula is C29H20BrCl3F6N2O2. The Bertz CT molecular complexity index is 1550. The van der Waals surface area contributed by atoms with Crippen LogP contribution in [0.5, 0.6) is 0 Å². The van der Waals surface area contributed by atoms with Gasteiger partial charge in [0.15, 0.2) is 0 Å². The second-order valence-corrected chi connectivity index (χ2v) is 11.9. The molecule has 0 bridgehead atoms. The van der Waals surface area contributed by atoms with E-state index < -0.39 is 41.2 Å². The number of benzene rings is 3. The number of nitrogens with one attached hydrogen (secondary N) is 2. The first-order valence-corrected chi connectivity index (χ1v) is 14.4. The quantitative estimate of drug-likeness (QED) is 0.180. The van der Waals surface area contributed by atoms with Crippen LogP contribution in [0.2, 0.25) is 15.1 Å². The number of amides is 2. The molecule has 0 aliphatic heterocycles. The third-order valence-corrected chi connectivity index (χ3v) is 8.56. The maximum Gasteiger partial charge on any atom is 0.416 e. The molecule has 0 spiro atoms. The van der Waals surface area contributed by atoms with Gasteiger partial charge in [-0.05, 0) is 81.9 Å². The number of alkyl halides is 6. The summed E-state index contributed by atoms with van der Waals surface area (Å²) in [5.74, 6) is -3.13. The SMILES string of the molecule is O=C(NC1(C(=O)NCc2ccc(C(F)(F)F)cc2)CC1)c1ccc(C=CC(c2cc(Cl)c(Cl)c(Cl)c2)C(F)(F)F)cc1Br. The van der Waals surface area contributed by atoms with Crippen molar-refractivity contribution in [3.05, 3.63) is 108 Å². The Hall–Kier alpha value is -2.73. The molecule has 3 aromatic rings. The Balaban J connectivity index is 1.42. The zero-order valence-electron chi connectivity index (χ0n) is 21.6. The lowest BCUT2D eigenvalue weighted by Crippen LogP contribution is -2.48. The Morgan fingerprint density at radius 3 is 2.05 bits per heavy atom. The van der Waals surface area contributed by atoms with Crippen molar-refractivity contribution in [3.63, 3.8) is 0 Å². The highest BCUT2D eigenvalue weighted by Gasteiger charge is 2.51. The van der Waals surface area contributed by atoms with Gasteiger partial charge in [-0.1, -0.05) is 65.2 Å². The van der Waals surface area contributed by atoms with Crippen LogP contribution in [-0.2, 0) is 17.5 Å². The fraction of sp³-hybridized carbons (Fsp3) is 0.241. The molecule has 0 aromatic heterocycles. The molecule has 1 atom stereocenters. The Kier molecular flexibility index (Phi) is 9.80. The van der Waals surface area contributed by atoms with Gasteiger partial charge in [-0.2, -0.15) is 26.3 Å². The molecule has 0 radical (unpaired) electrons. The van der Waals surface area contributed by atoms with Crippen molar-refractivity contribution in [2.75, 3.05) is 0 Å². The normalized spacial score (nSPS) is 15.3. The number of hydrogen-bond donors (Lipinski definition) is 2. The molecule has 3 aromatic carbocycles. The van der Waals surface area contributed by atoms with Crippen molar-refractivity contribution in [3.8, 4) is 0 Å². The van der Waals surface area contributed by atoms with Crippen LogP contribution in [0.4, 0.5) is 26.3 Å². The number of hydrogen-bond acceptors (Lipinski definition) is 2. The summed E-state index contributed by atoms with van der Waals surface area (Å²) < 4.78 is 80.1. The van der Waals surface area contributed by atoms with Crippen molar-refractivity contribution in [2.24, 2.45) is 0 Å². The summed E-state index contributed by atoms with van der Waals surface area (Å²) in [5, 5.41) is 5.02. The minimum absolute atomic E-state index is 0.0351. The van der Waals surface area contributed by atoms with Crippen molar-refractivity contribution < 1.29 is 35.9 Å². The maximum atomic E-state index is 13.9. The van der Waals surface area contributed by atoms with Crippen LogP contribution < -0.4 is 10.6 Å². The van der Waals surface area contributed by atoms with Gasteiger partial charge in [0.2, 0.25) is 5.91 Å². The van der Waals surface area contributed by atoms with E-state index in [2.05, 4.69) is 26.6 Å². The fourth-order valence-corrected chi connectivity index (χ4v) is 5.36. The van der Waals surface area contributed by atoms with Crippen molar-refractivity contribution in [1.29, 1.82) is 0 Å². The molecule has 1 aliphatic rings. The molecule has 14 heteroatoms. The molecule has 43 heavy (non-hydrogen) atoms. The third kappa shape index (κ3) is 8.06. The summed E-state index contributed by atoms with van der Waals surface area (Å²) in [5.41, 5.74) is -1.25. The van der Waals surface area contributed by atoms with Gasteiger partial charge < -0.3 is 10.6 Å². The summed E-state index contributed by atoms with van der Waals surface area (Å²) >= 11 is 21.0. The summed E-state index contributed by atoms with van der Waals surface area (Å²) in [6.45, 7) is -0.0351. The molecular weight excluding hydrogens is 709 g/mol. The van der Waals surface area contributed by atoms with E-state index >= 15 is 0 Å². The van der Waals surface area contributed by atoms with Gasteiger partial charge >= 0.3 is 12.4 Å². The van der Waals surface area contributed by atoms with Gasteiger partial charge in [0.25, 0.3) is 5.91 Å². The zero-order valence-corrected chi connectivity index (χ0v) is 25.5. The molecule has 0 heterocycles. The fourth-order valence-electron chi connectivity index (χ4n) is 4.17. The molecule has 4 nitrogen and oxygen atoms in total. The molecule has 1 aliphatic carbocycles. The number of carbonyl (C=O) groups excluding carboxylic acids is 2. The lowest BCUT2D eigenvalue weighted by molar-refractivity contribution is -0.139. The summed E-state index contributed by atoms with van der Waals surface area (Å²) in [6, 6.07) is 10.8. The highest BCUT2D eigenvalue weighted by Crippen LogP contribution is 2.41. The Labute approximate surface area is 265 Å². The van der Waals surface area contributed by atoms with E-state index in [0.29, 0.717) is 24.0 Å². The van der Waals surface area contributed by atoms with E-state index in [1.807, 2.05) is 0 Å². The van der Waals surface area contributed by atoms with E-state index in [4.69, 9.17) is 34.8 Å². The van der Waals surface area contributed by atoms with Gasteiger partial charge in [-0.3, -0.25) is 9.59 Å². The van der Waals surface area contributed by atoms with Crippen molar-refractivity contribution in [2.45, 2.75) is 43.2 Å². The van der Waals surface area contributed by atoms with Crippen LogP contribution in [-0.4, -0.2) is 23.5 Å². The Morgan fingerprint density at radius 1 is 0.930 bits per heavy atom. The zero-order chi connectivity index (χ0) is 31.7. The lowest BCUT2D eigenvalue weighted by Gasteiger charge is -2.19. The van der Waals surface area contributed by atoms with Gasteiger partial charge in [0.05, 0.1) is 32.1 Å². The molecule has 4 rings (SSSR count). The van der Waals surface area contributed by atoms with Crippen molar-refractivity contribution >= 4 is 68.6 Å². The first kappa shape index (κ1) is 33.2. The van der Waals surface area contributed by atoms with Gasteiger partial charge in [-0.15, -0.1) is 0 Å². The number of halogens is 10. The highest BCUT2D eigenvalue weighted by atomic mass is 79.9. The Morgan fingerprint density at radius 2 is 1.53 bits per heavy atom. The summed E-state index contributed by atoms with van der Waals surface area (Å²) in [6.07, 6.45) is -6.27. The third-order valence-electron chi connectivity index (χ3n) is 6.71. The second-order valence-electron chi connectivity index (χ2n) is 9.83. The van der Waals surface area contributed by atoms with E-state index in [1.165, 1.54) is 36.4 Å². The molecule has 2 N–H and O–H groups in total. The smallest absolute Gasteiger partial charge is 0.350 e. The highest BCUT2D eigenvalue weighted by molar-refractivity contribution is 9.10. The minimum atomic E-state index is -4.67. The largest absolute Gasteiger partial charge is 0.416 e. The predicted octanol–water partition coefficient (Wildman–Crippen LogP) is 9.37. The van der Waals surface area contributed by atoms with E-state index in [0.717, 1.165) is 30.3 Å². The van der Waals surface area contributed by atoms with Crippen LogP contribution in [0, 0.1) is 0 Å². The lowest BCUT2D eigenvalue weighted by atomic mass is 9.97. The number of rotatable bonds is 8.